The van der Waals surface area contributed by atoms with Crippen LogP contribution in [0.1, 0.15) is 10.4 Å². The molecule has 9 heteroatoms. The molecule has 0 aliphatic carbocycles. The van der Waals surface area contributed by atoms with Crippen molar-refractivity contribution in [1.82, 2.24) is 0 Å². The molecule has 1 heterocycles. The fourth-order valence-electron chi connectivity index (χ4n) is 1.41. The number of nitrogens with two attached hydrogens (primary N) is 1. The predicted molar refractivity (Wildman–Crippen MR) is 58.7 cm³/mol. The highest BCUT2D eigenvalue weighted by Gasteiger charge is 2.66. The Morgan fingerprint density at radius 3 is 2.11 bits per heavy atom. The largest absolute Gasteiger partial charge is 0.507 e. The van der Waals surface area contributed by atoms with E-state index in [9.17, 15) is 22.4 Å². The molecule has 0 saturated heterocycles. The molecule has 0 fully saturated rings. The Morgan fingerprint density at radius 1 is 1.16 bits per heavy atom. The summed E-state index contributed by atoms with van der Waals surface area (Å²) in [6.07, 6.45) is -9.62. The Balaban J connectivity index is 2.51. The molecular formula is C10H6BrF4NO3. The van der Waals surface area contributed by atoms with E-state index in [1.807, 2.05) is 0 Å². The second-order valence-electron chi connectivity index (χ2n) is 3.64. The number of carbonyl (C=O) groups excluding carboxylic acids is 1. The molecule has 2 N–H and O–H groups in total. The van der Waals surface area contributed by atoms with Gasteiger partial charge in [-0.1, -0.05) is 0 Å². The molecule has 104 valence electrons. The molecule has 0 unspecified atom stereocenters. The Kier molecular flexibility index (Phi) is 3.21. The molecule has 1 aliphatic rings. The normalized spacial score (nSPS) is 19.1. The number of alkyl halides is 4. The maximum Gasteiger partial charge on any atom is 0.507 e. The van der Waals surface area contributed by atoms with Crippen LogP contribution in [-0.2, 0) is 0 Å². The number of fused-ring (bicyclic) bond motifs is 1. The second kappa shape index (κ2) is 4.34. The van der Waals surface area contributed by atoms with Crippen molar-refractivity contribution >= 4 is 21.7 Å². The fourth-order valence-corrected chi connectivity index (χ4v) is 1.96. The summed E-state index contributed by atoms with van der Waals surface area (Å²) in [5, 5.41) is 0. The van der Waals surface area contributed by atoms with Crippen LogP contribution in [0.4, 0.5) is 17.6 Å². The quantitative estimate of drug-likeness (QED) is 0.662. The zero-order valence-electron chi connectivity index (χ0n) is 9.05. The molecule has 0 radical (unpaired) electrons. The van der Waals surface area contributed by atoms with Crippen LogP contribution >= 0.6 is 15.9 Å². The van der Waals surface area contributed by atoms with Gasteiger partial charge in [0.15, 0.2) is 17.3 Å². The summed E-state index contributed by atoms with van der Waals surface area (Å²) in [7, 11) is 0. The van der Waals surface area contributed by atoms with E-state index in [1.165, 1.54) is 0 Å². The molecule has 2 rings (SSSR count). The average Bonchev–Trinajstić information content (AvgIpc) is 2.29. The van der Waals surface area contributed by atoms with E-state index < -0.39 is 29.5 Å². The Bertz CT molecular complexity index is 550. The van der Waals surface area contributed by atoms with Gasteiger partial charge in [-0.2, -0.15) is 17.6 Å². The standard InChI is InChI=1S/C10H6BrF4NO3/c11-5-2-8-7(1-4(5)6(17)3-16)18-9(12,13)10(14,15)19-8/h1-2H,3,16H2. The van der Waals surface area contributed by atoms with E-state index >= 15 is 0 Å². The van der Waals surface area contributed by atoms with Crippen LogP contribution in [0.5, 0.6) is 11.5 Å². The lowest BCUT2D eigenvalue weighted by atomic mass is 10.1. The van der Waals surface area contributed by atoms with Crippen LogP contribution in [0.15, 0.2) is 16.6 Å². The first-order valence-corrected chi connectivity index (χ1v) is 5.68. The van der Waals surface area contributed by atoms with Gasteiger partial charge in [0.05, 0.1) is 6.54 Å². The number of carbonyl (C=O) groups is 1. The van der Waals surface area contributed by atoms with Crippen molar-refractivity contribution in [3.63, 3.8) is 0 Å². The van der Waals surface area contributed by atoms with E-state index in [4.69, 9.17) is 5.73 Å². The third-order valence-corrected chi connectivity index (χ3v) is 2.99. The summed E-state index contributed by atoms with van der Waals surface area (Å²) < 4.78 is 59.6. The third kappa shape index (κ3) is 2.27. The SMILES string of the molecule is NCC(=O)c1cc2c(cc1Br)OC(F)(F)C(F)(F)O2. The van der Waals surface area contributed by atoms with Gasteiger partial charge in [0, 0.05) is 10.0 Å². The van der Waals surface area contributed by atoms with Gasteiger partial charge in [0.1, 0.15) is 0 Å². The first kappa shape index (κ1) is 14.1. The topological polar surface area (TPSA) is 61.6 Å². The van der Waals surface area contributed by atoms with Crippen molar-refractivity contribution in [3.8, 4) is 11.5 Å². The number of hydrogen-bond acceptors (Lipinski definition) is 4. The first-order chi connectivity index (χ1) is 8.68. The minimum absolute atomic E-state index is 0.0640. The Labute approximate surface area is 112 Å². The van der Waals surface area contributed by atoms with Gasteiger partial charge in [0.25, 0.3) is 0 Å². The molecule has 0 spiro atoms. The van der Waals surface area contributed by atoms with Crippen LogP contribution in [-0.4, -0.2) is 24.5 Å². The van der Waals surface area contributed by atoms with Crippen molar-refractivity contribution in [2.24, 2.45) is 5.73 Å². The zero-order chi connectivity index (χ0) is 14.4. The highest BCUT2D eigenvalue weighted by Crippen LogP contribution is 2.48. The predicted octanol–water partition coefficient (Wildman–Crippen LogP) is 2.55. The maximum absolute atomic E-state index is 13.0. The second-order valence-corrected chi connectivity index (χ2v) is 4.50. The summed E-state index contributed by atoms with van der Waals surface area (Å²) >= 11 is 2.94. The molecule has 1 aromatic carbocycles. The first-order valence-electron chi connectivity index (χ1n) is 4.88. The molecule has 19 heavy (non-hydrogen) atoms. The number of halogens is 5. The van der Waals surface area contributed by atoms with Crippen molar-refractivity contribution in [2.75, 3.05) is 6.54 Å². The summed E-state index contributed by atoms with van der Waals surface area (Å²) in [4.78, 5) is 11.4. The average molecular weight is 344 g/mol. The summed E-state index contributed by atoms with van der Waals surface area (Å²) in [6, 6.07) is 1.82. The molecule has 0 aromatic heterocycles. The summed E-state index contributed by atoms with van der Waals surface area (Å²) in [5.41, 5.74) is 5.07. The molecular weight excluding hydrogens is 338 g/mol. The number of benzene rings is 1. The highest BCUT2D eigenvalue weighted by atomic mass is 79.9. The van der Waals surface area contributed by atoms with Gasteiger partial charge in [-0.05, 0) is 28.1 Å². The summed E-state index contributed by atoms with van der Waals surface area (Å²) in [6.45, 7) is -0.370. The number of ether oxygens (including phenoxy) is 2. The van der Waals surface area contributed by atoms with E-state index in [2.05, 4.69) is 25.4 Å². The minimum Gasteiger partial charge on any atom is -0.421 e. The lowest BCUT2D eigenvalue weighted by Crippen LogP contribution is -2.52. The number of ketones is 1. The van der Waals surface area contributed by atoms with Crippen molar-refractivity contribution in [1.29, 1.82) is 0 Å². The number of hydrogen-bond donors (Lipinski definition) is 1. The van der Waals surface area contributed by atoms with Crippen LogP contribution in [0.3, 0.4) is 0 Å². The Hall–Kier alpha value is -1.35. The smallest absolute Gasteiger partial charge is 0.421 e. The monoisotopic (exact) mass is 343 g/mol. The number of Topliss-reactive ketones (excluding diaryl/α,β-unsaturated/α-hetero) is 1. The maximum atomic E-state index is 13.0. The van der Waals surface area contributed by atoms with E-state index in [-0.39, 0.29) is 16.6 Å². The van der Waals surface area contributed by atoms with Crippen LogP contribution in [0.2, 0.25) is 0 Å². The lowest BCUT2D eigenvalue weighted by molar-refractivity contribution is -0.391. The van der Waals surface area contributed by atoms with Crippen LogP contribution in [0.25, 0.3) is 0 Å². The third-order valence-electron chi connectivity index (χ3n) is 2.33. The van der Waals surface area contributed by atoms with Crippen LogP contribution in [0, 0.1) is 0 Å². The molecule has 4 nitrogen and oxygen atoms in total. The van der Waals surface area contributed by atoms with Gasteiger partial charge in [-0.3, -0.25) is 4.79 Å². The summed E-state index contributed by atoms with van der Waals surface area (Å²) in [5.74, 6) is -1.83. The molecule has 0 bridgehead atoms. The van der Waals surface area contributed by atoms with Crippen molar-refractivity contribution in [2.45, 2.75) is 12.2 Å². The zero-order valence-corrected chi connectivity index (χ0v) is 10.6. The molecule has 1 aliphatic heterocycles. The molecule has 0 atom stereocenters. The van der Waals surface area contributed by atoms with Gasteiger partial charge in [0.2, 0.25) is 0 Å². The van der Waals surface area contributed by atoms with Crippen molar-refractivity contribution < 1.29 is 31.8 Å². The van der Waals surface area contributed by atoms with E-state index in [0.29, 0.717) is 0 Å². The minimum atomic E-state index is -4.82. The highest BCUT2D eigenvalue weighted by molar-refractivity contribution is 9.10. The Morgan fingerprint density at radius 2 is 1.63 bits per heavy atom. The van der Waals surface area contributed by atoms with E-state index in [1.54, 1.807) is 0 Å². The fraction of sp³-hybridized carbons (Fsp3) is 0.300. The van der Waals surface area contributed by atoms with Gasteiger partial charge in [-0.15, -0.1) is 0 Å². The lowest BCUT2D eigenvalue weighted by Gasteiger charge is -2.32. The molecule has 0 saturated carbocycles. The van der Waals surface area contributed by atoms with Gasteiger partial charge >= 0.3 is 12.2 Å². The molecule has 0 amide bonds. The van der Waals surface area contributed by atoms with Crippen molar-refractivity contribution in [3.05, 3.63) is 22.2 Å². The van der Waals surface area contributed by atoms with Gasteiger partial charge < -0.3 is 15.2 Å². The number of rotatable bonds is 2. The molecule has 1 aromatic rings. The van der Waals surface area contributed by atoms with E-state index in [0.717, 1.165) is 12.1 Å². The van der Waals surface area contributed by atoms with Crippen LogP contribution < -0.4 is 15.2 Å². The van der Waals surface area contributed by atoms with Gasteiger partial charge in [-0.25, -0.2) is 0 Å².